The van der Waals surface area contributed by atoms with E-state index in [1.165, 1.54) is 11.1 Å². The van der Waals surface area contributed by atoms with E-state index in [1.54, 1.807) is 30.3 Å². The number of benzene rings is 3. The number of aromatic hydroxyl groups is 1. The number of amides is 2. The molecule has 1 aliphatic rings. The zero-order chi connectivity index (χ0) is 19.5. The average Bonchev–Trinajstić information content (AvgIpc) is 2.72. The molecule has 0 aliphatic carbocycles. The largest absolute Gasteiger partial charge is 0.507 e. The number of carbonyl (C=O) groups is 2. The number of nitrogens with one attached hydrogen (secondary N) is 1. The number of hydrazone groups is 1. The van der Waals surface area contributed by atoms with E-state index in [2.05, 4.69) is 10.5 Å². The van der Waals surface area contributed by atoms with Crippen molar-refractivity contribution in [2.45, 2.75) is 0 Å². The van der Waals surface area contributed by atoms with Gasteiger partial charge >= 0.3 is 0 Å². The van der Waals surface area contributed by atoms with Crippen LogP contribution in [-0.4, -0.2) is 36.3 Å². The first-order chi connectivity index (χ1) is 13.6. The lowest BCUT2D eigenvalue weighted by Crippen LogP contribution is -2.44. The van der Waals surface area contributed by atoms with Gasteiger partial charge in [-0.05, 0) is 29.0 Å². The molecular formula is C21H17N3O4. The smallest absolute Gasteiger partial charge is 0.265 e. The van der Waals surface area contributed by atoms with Crippen molar-refractivity contribution in [1.29, 1.82) is 0 Å². The maximum Gasteiger partial charge on any atom is 0.265 e. The highest BCUT2D eigenvalue weighted by molar-refractivity contribution is 6.04. The third kappa shape index (κ3) is 3.37. The Kier molecular flexibility index (Phi) is 4.63. The number of ether oxygens (including phenoxy) is 1. The van der Waals surface area contributed by atoms with Crippen LogP contribution in [-0.2, 0) is 9.59 Å². The molecule has 0 saturated carbocycles. The Morgan fingerprint density at radius 3 is 2.82 bits per heavy atom. The van der Waals surface area contributed by atoms with Crippen LogP contribution in [0.5, 0.6) is 11.5 Å². The lowest BCUT2D eigenvalue weighted by Gasteiger charge is -2.28. The number of carbonyl (C=O) groups excluding carboxylic acids is 2. The lowest BCUT2D eigenvalue weighted by atomic mass is 10.0. The molecule has 140 valence electrons. The average molecular weight is 375 g/mol. The minimum atomic E-state index is -0.457. The maximum atomic E-state index is 12.3. The number of hydrogen-bond acceptors (Lipinski definition) is 5. The lowest BCUT2D eigenvalue weighted by molar-refractivity contribution is -0.125. The zero-order valence-corrected chi connectivity index (χ0v) is 14.8. The number of fused-ring (bicyclic) bond motifs is 2. The molecule has 4 rings (SSSR count). The van der Waals surface area contributed by atoms with Crippen molar-refractivity contribution in [3.05, 3.63) is 66.2 Å². The second kappa shape index (κ2) is 7.40. The Balaban J connectivity index is 1.49. The normalized spacial score (nSPS) is 13.4. The highest BCUT2D eigenvalue weighted by atomic mass is 16.5. The van der Waals surface area contributed by atoms with Gasteiger partial charge in [-0.15, -0.1) is 0 Å². The van der Waals surface area contributed by atoms with E-state index in [1.807, 2.05) is 30.3 Å². The number of rotatable bonds is 4. The van der Waals surface area contributed by atoms with E-state index >= 15 is 0 Å². The van der Waals surface area contributed by atoms with Gasteiger partial charge in [-0.1, -0.05) is 42.5 Å². The number of anilines is 1. The summed E-state index contributed by atoms with van der Waals surface area (Å²) < 4.78 is 5.36. The Labute approximate surface area is 160 Å². The van der Waals surface area contributed by atoms with E-state index in [0.717, 1.165) is 10.8 Å². The van der Waals surface area contributed by atoms with Gasteiger partial charge in [0.15, 0.2) is 6.61 Å². The molecule has 0 unspecified atom stereocenters. The van der Waals surface area contributed by atoms with Crippen LogP contribution in [0, 0.1) is 0 Å². The number of phenolic OH excluding ortho intramolecular Hbond substituents is 1. The predicted octanol–water partition coefficient (Wildman–Crippen LogP) is 2.42. The molecule has 1 aliphatic heterocycles. The molecule has 0 spiro atoms. The summed E-state index contributed by atoms with van der Waals surface area (Å²) in [6, 6.07) is 18.0. The van der Waals surface area contributed by atoms with E-state index in [4.69, 9.17) is 4.74 Å². The van der Waals surface area contributed by atoms with Crippen LogP contribution < -0.4 is 15.1 Å². The van der Waals surface area contributed by atoms with Gasteiger partial charge in [-0.25, -0.2) is 5.43 Å². The summed E-state index contributed by atoms with van der Waals surface area (Å²) in [7, 11) is 0. The Bertz CT molecular complexity index is 1090. The summed E-state index contributed by atoms with van der Waals surface area (Å²) in [5, 5.41) is 15.8. The highest BCUT2D eigenvalue weighted by Gasteiger charge is 2.26. The predicted molar refractivity (Wildman–Crippen MR) is 106 cm³/mol. The summed E-state index contributed by atoms with van der Waals surface area (Å²) in [4.78, 5) is 25.8. The Hall–Kier alpha value is -3.87. The number of para-hydroxylation sites is 2. The summed E-state index contributed by atoms with van der Waals surface area (Å²) >= 11 is 0. The van der Waals surface area contributed by atoms with Crippen LogP contribution in [0.1, 0.15) is 5.56 Å². The van der Waals surface area contributed by atoms with Gasteiger partial charge in [-0.2, -0.15) is 5.10 Å². The van der Waals surface area contributed by atoms with Gasteiger partial charge in [0.25, 0.3) is 11.8 Å². The Morgan fingerprint density at radius 1 is 1.14 bits per heavy atom. The van der Waals surface area contributed by atoms with Crippen LogP contribution >= 0.6 is 0 Å². The molecule has 3 aromatic carbocycles. The second-order valence-corrected chi connectivity index (χ2v) is 6.25. The van der Waals surface area contributed by atoms with Gasteiger partial charge in [0, 0.05) is 5.56 Å². The molecule has 0 atom stereocenters. The van der Waals surface area contributed by atoms with Crippen molar-refractivity contribution in [3.8, 4) is 11.5 Å². The van der Waals surface area contributed by atoms with Gasteiger partial charge in [0.05, 0.1) is 11.9 Å². The molecule has 2 N–H and O–H groups in total. The molecule has 0 bridgehead atoms. The van der Waals surface area contributed by atoms with Crippen molar-refractivity contribution in [1.82, 2.24) is 5.43 Å². The fourth-order valence-electron chi connectivity index (χ4n) is 3.09. The van der Waals surface area contributed by atoms with Crippen molar-refractivity contribution < 1.29 is 19.4 Å². The number of phenols is 1. The molecule has 0 fully saturated rings. The van der Waals surface area contributed by atoms with Gasteiger partial charge < -0.3 is 9.84 Å². The maximum absolute atomic E-state index is 12.3. The first-order valence-electron chi connectivity index (χ1n) is 8.68. The van der Waals surface area contributed by atoms with E-state index < -0.39 is 5.91 Å². The summed E-state index contributed by atoms with van der Waals surface area (Å²) in [6.45, 7) is -0.296. The molecule has 7 heteroatoms. The SMILES string of the molecule is O=C(CN1C(=O)COc2ccccc21)N/N=C/c1c(O)ccc2ccccc12. The minimum absolute atomic E-state index is 0.0639. The molecule has 0 aromatic heterocycles. The fraction of sp³-hybridized carbons (Fsp3) is 0.0952. The first kappa shape index (κ1) is 17.5. The third-order valence-electron chi connectivity index (χ3n) is 4.44. The van der Waals surface area contributed by atoms with Crippen molar-refractivity contribution in [3.63, 3.8) is 0 Å². The third-order valence-corrected chi connectivity index (χ3v) is 4.44. The van der Waals surface area contributed by atoms with Gasteiger partial charge in [-0.3, -0.25) is 14.5 Å². The summed E-state index contributed by atoms with van der Waals surface area (Å²) in [5.74, 6) is -0.140. The van der Waals surface area contributed by atoms with Crippen molar-refractivity contribution in [2.75, 3.05) is 18.1 Å². The number of nitrogens with zero attached hydrogens (tertiary/aromatic N) is 2. The van der Waals surface area contributed by atoms with Crippen LogP contribution in [0.2, 0.25) is 0 Å². The zero-order valence-electron chi connectivity index (χ0n) is 14.8. The fourth-order valence-corrected chi connectivity index (χ4v) is 3.09. The molecule has 1 heterocycles. The second-order valence-electron chi connectivity index (χ2n) is 6.25. The minimum Gasteiger partial charge on any atom is -0.507 e. The van der Waals surface area contributed by atoms with Crippen LogP contribution in [0.15, 0.2) is 65.8 Å². The molecule has 0 radical (unpaired) electrons. The topological polar surface area (TPSA) is 91.2 Å². The number of hydrogen-bond donors (Lipinski definition) is 2. The molecular weight excluding hydrogens is 358 g/mol. The monoisotopic (exact) mass is 375 g/mol. The molecule has 0 saturated heterocycles. The van der Waals surface area contributed by atoms with E-state index in [0.29, 0.717) is 17.0 Å². The summed E-state index contributed by atoms with van der Waals surface area (Å²) in [6.07, 6.45) is 1.39. The molecule has 28 heavy (non-hydrogen) atoms. The van der Waals surface area contributed by atoms with Gasteiger partial charge in [0.2, 0.25) is 0 Å². The molecule has 3 aromatic rings. The van der Waals surface area contributed by atoms with Crippen molar-refractivity contribution in [2.24, 2.45) is 5.10 Å². The van der Waals surface area contributed by atoms with Crippen LogP contribution in [0.3, 0.4) is 0 Å². The standard InChI is InChI=1S/C21H17N3O4/c25-18-10-9-14-5-1-2-6-15(14)16(18)11-22-23-20(26)12-24-17-7-3-4-8-19(17)28-13-21(24)27/h1-11,25H,12-13H2,(H,23,26)/b22-11+. The van der Waals surface area contributed by atoms with Crippen molar-refractivity contribution >= 4 is 34.5 Å². The summed E-state index contributed by atoms with van der Waals surface area (Å²) in [5.41, 5.74) is 3.46. The highest BCUT2D eigenvalue weighted by Crippen LogP contribution is 2.31. The molecule has 2 amide bonds. The molecule has 7 nitrogen and oxygen atoms in total. The van der Waals surface area contributed by atoms with Crippen LogP contribution in [0.25, 0.3) is 10.8 Å². The van der Waals surface area contributed by atoms with Crippen LogP contribution in [0.4, 0.5) is 5.69 Å². The van der Waals surface area contributed by atoms with E-state index in [9.17, 15) is 14.7 Å². The van der Waals surface area contributed by atoms with E-state index in [-0.39, 0.29) is 24.8 Å². The first-order valence-corrected chi connectivity index (χ1v) is 8.68. The Morgan fingerprint density at radius 2 is 1.93 bits per heavy atom. The quantitative estimate of drug-likeness (QED) is 0.541. The van der Waals surface area contributed by atoms with Gasteiger partial charge in [0.1, 0.15) is 18.0 Å².